The summed E-state index contributed by atoms with van der Waals surface area (Å²) in [5, 5.41) is 0.406. The summed E-state index contributed by atoms with van der Waals surface area (Å²) >= 11 is 5.78. The first-order valence-electron chi connectivity index (χ1n) is 5.51. The monoisotopic (exact) mass is 274 g/mol. The van der Waals surface area contributed by atoms with Crippen molar-refractivity contribution in [2.24, 2.45) is 11.7 Å². The van der Waals surface area contributed by atoms with Crippen molar-refractivity contribution in [1.82, 2.24) is 4.72 Å². The van der Waals surface area contributed by atoms with Gasteiger partial charge in [0.25, 0.3) is 0 Å². The molecular formula is C11H15ClN2O2S. The minimum atomic E-state index is -3.51. The Labute approximate surface area is 106 Å². The maximum Gasteiger partial charge on any atom is 0.240 e. The van der Waals surface area contributed by atoms with E-state index in [9.17, 15) is 8.42 Å². The lowest BCUT2D eigenvalue weighted by Crippen LogP contribution is -2.41. The summed E-state index contributed by atoms with van der Waals surface area (Å²) in [6, 6.07) is 6.05. The zero-order chi connectivity index (χ0) is 12.5. The Kier molecular flexibility index (Phi) is 3.73. The minimum Gasteiger partial charge on any atom is -0.329 e. The van der Waals surface area contributed by atoms with Gasteiger partial charge in [-0.1, -0.05) is 17.7 Å². The molecule has 1 saturated carbocycles. The number of nitrogens with two attached hydrogens (primary N) is 1. The van der Waals surface area contributed by atoms with Gasteiger partial charge in [-0.15, -0.1) is 0 Å². The summed E-state index contributed by atoms with van der Waals surface area (Å²) in [4.78, 5) is 0.184. The van der Waals surface area contributed by atoms with Crippen molar-refractivity contribution in [1.29, 1.82) is 0 Å². The van der Waals surface area contributed by atoms with E-state index in [4.69, 9.17) is 17.3 Å². The molecule has 94 valence electrons. The van der Waals surface area contributed by atoms with Crippen LogP contribution in [0, 0.1) is 5.92 Å². The Morgan fingerprint density at radius 1 is 1.47 bits per heavy atom. The van der Waals surface area contributed by atoms with Crippen molar-refractivity contribution in [3.05, 3.63) is 29.3 Å². The van der Waals surface area contributed by atoms with Crippen molar-refractivity contribution in [3.63, 3.8) is 0 Å². The number of hydrogen-bond acceptors (Lipinski definition) is 3. The quantitative estimate of drug-likeness (QED) is 0.851. The zero-order valence-corrected chi connectivity index (χ0v) is 10.8. The van der Waals surface area contributed by atoms with Gasteiger partial charge in [-0.2, -0.15) is 0 Å². The predicted molar refractivity (Wildman–Crippen MR) is 67.3 cm³/mol. The fourth-order valence-corrected chi connectivity index (χ4v) is 3.36. The third-order valence-electron chi connectivity index (χ3n) is 2.86. The molecule has 0 radical (unpaired) electrons. The van der Waals surface area contributed by atoms with E-state index < -0.39 is 10.0 Å². The molecular weight excluding hydrogens is 260 g/mol. The smallest absolute Gasteiger partial charge is 0.240 e. The highest BCUT2D eigenvalue weighted by Gasteiger charge is 2.33. The van der Waals surface area contributed by atoms with Gasteiger partial charge in [0.05, 0.1) is 4.90 Å². The normalized spacial score (nSPS) is 18.0. The van der Waals surface area contributed by atoms with Crippen molar-refractivity contribution < 1.29 is 8.42 Å². The molecule has 4 nitrogen and oxygen atoms in total. The lowest BCUT2D eigenvalue weighted by Gasteiger charge is -2.16. The fourth-order valence-electron chi connectivity index (χ4n) is 1.74. The van der Waals surface area contributed by atoms with Crippen LogP contribution in [-0.4, -0.2) is 21.0 Å². The topological polar surface area (TPSA) is 72.2 Å². The molecule has 0 heterocycles. The van der Waals surface area contributed by atoms with Crippen LogP contribution in [0.25, 0.3) is 0 Å². The fraction of sp³-hybridized carbons (Fsp3) is 0.455. The first-order valence-corrected chi connectivity index (χ1v) is 7.37. The number of sulfonamides is 1. The lowest BCUT2D eigenvalue weighted by atomic mass is 10.2. The Bertz CT molecular complexity index is 500. The van der Waals surface area contributed by atoms with E-state index in [2.05, 4.69) is 4.72 Å². The van der Waals surface area contributed by atoms with Gasteiger partial charge >= 0.3 is 0 Å². The first-order chi connectivity index (χ1) is 8.03. The predicted octanol–water partition coefficient (Wildman–Crippen LogP) is 1.36. The van der Waals surface area contributed by atoms with E-state index in [1.165, 1.54) is 12.1 Å². The first kappa shape index (κ1) is 12.8. The Morgan fingerprint density at radius 3 is 2.71 bits per heavy atom. The molecule has 1 unspecified atom stereocenters. The van der Waals surface area contributed by atoms with E-state index in [-0.39, 0.29) is 10.9 Å². The molecule has 0 spiro atoms. The number of halogens is 1. The second-order valence-corrected chi connectivity index (χ2v) is 6.41. The molecule has 1 aromatic rings. The highest BCUT2D eigenvalue weighted by molar-refractivity contribution is 7.89. The summed E-state index contributed by atoms with van der Waals surface area (Å²) in [6.45, 7) is 0.324. The van der Waals surface area contributed by atoms with Crippen LogP contribution in [0.15, 0.2) is 29.2 Å². The number of nitrogens with one attached hydrogen (secondary N) is 1. The third kappa shape index (κ3) is 3.19. The molecule has 0 aliphatic heterocycles. The number of hydrogen-bond donors (Lipinski definition) is 2. The van der Waals surface area contributed by atoms with Crippen molar-refractivity contribution in [2.45, 2.75) is 23.8 Å². The molecule has 0 saturated heterocycles. The van der Waals surface area contributed by atoms with Gasteiger partial charge < -0.3 is 5.73 Å². The van der Waals surface area contributed by atoms with Crippen molar-refractivity contribution >= 4 is 21.6 Å². The van der Waals surface area contributed by atoms with Gasteiger partial charge in [-0.05, 0) is 37.0 Å². The third-order valence-corrected chi connectivity index (χ3v) is 4.58. The van der Waals surface area contributed by atoms with Crippen LogP contribution in [-0.2, 0) is 10.0 Å². The van der Waals surface area contributed by atoms with Gasteiger partial charge in [0.15, 0.2) is 0 Å². The maximum atomic E-state index is 12.1. The van der Waals surface area contributed by atoms with Gasteiger partial charge in [-0.25, -0.2) is 13.1 Å². The highest BCUT2D eigenvalue weighted by Crippen LogP contribution is 2.32. The molecule has 0 amide bonds. The molecule has 1 aromatic carbocycles. The van der Waals surface area contributed by atoms with Crippen LogP contribution < -0.4 is 10.5 Å². The maximum absolute atomic E-state index is 12.1. The molecule has 1 atom stereocenters. The minimum absolute atomic E-state index is 0.168. The number of benzene rings is 1. The van der Waals surface area contributed by atoms with Crippen LogP contribution in [0.3, 0.4) is 0 Å². The summed E-state index contributed by atoms with van der Waals surface area (Å²) in [5.74, 6) is 0.383. The molecule has 1 fully saturated rings. The van der Waals surface area contributed by atoms with Gasteiger partial charge in [0.2, 0.25) is 10.0 Å². The van der Waals surface area contributed by atoms with Crippen LogP contribution in [0.1, 0.15) is 12.8 Å². The Hall–Kier alpha value is -0.620. The van der Waals surface area contributed by atoms with E-state index in [0.717, 1.165) is 12.8 Å². The van der Waals surface area contributed by atoms with Gasteiger partial charge in [0, 0.05) is 17.6 Å². The van der Waals surface area contributed by atoms with Crippen LogP contribution in [0.5, 0.6) is 0 Å². The summed E-state index contributed by atoms with van der Waals surface area (Å²) in [7, 11) is -3.51. The molecule has 0 aromatic heterocycles. The summed E-state index contributed by atoms with van der Waals surface area (Å²) in [6.07, 6.45) is 2.08. The second kappa shape index (κ2) is 4.94. The zero-order valence-electron chi connectivity index (χ0n) is 9.27. The summed E-state index contributed by atoms with van der Waals surface area (Å²) in [5.41, 5.74) is 5.58. The lowest BCUT2D eigenvalue weighted by molar-refractivity contribution is 0.519. The van der Waals surface area contributed by atoms with E-state index >= 15 is 0 Å². The largest absolute Gasteiger partial charge is 0.329 e. The molecule has 1 aliphatic carbocycles. The van der Waals surface area contributed by atoms with Gasteiger partial charge in [0.1, 0.15) is 0 Å². The summed E-state index contributed by atoms with van der Waals surface area (Å²) < 4.78 is 26.8. The molecule has 3 N–H and O–H groups in total. The average molecular weight is 275 g/mol. The molecule has 6 heteroatoms. The standard InChI is InChI=1S/C11H15ClN2O2S/c12-9-2-1-3-10(6-9)17(15,16)14-11(7-13)8-4-5-8/h1-3,6,8,11,14H,4-5,7,13H2. The molecule has 17 heavy (non-hydrogen) atoms. The Morgan fingerprint density at radius 2 is 2.18 bits per heavy atom. The van der Waals surface area contributed by atoms with Crippen LogP contribution in [0.2, 0.25) is 5.02 Å². The van der Waals surface area contributed by atoms with Gasteiger partial charge in [-0.3, -0.25) is 0 Å². The van der Waals surface area contributed by atoms with Crippen molar-refractivity contribution in [2.75, 3.05) is 6.54 Å². The second-order valence-electron chi connectivity index (χ2n) is 4.26. The highest BCUT2D eigenvalue weighted by atomic mass is 35.5. The van der Waals surface area contributed by atoms with Crippen LogP contribution >= 0.6 is 11.6 Å². The molecule has 1 aliphatic rings. The Balaban J connectivity index is 2.18. The van der Waals surface area contributed by atoms with Crippen molar-refractivity contribution in [3.8, 4) is 0 Å². The molecule has 2 rings (SSSR count). The van der Waals surface area contributed by atoms with E-state index in [1.807, 2.05) is 0 Å². The average Bonchev–Trinajstić information content (AvgIpc) is 3.10. The van der Waals surface area contributed by atoms with Crippen LogP contribution in [0.4, 0.5) is 0 Å². The number of rotatable bonds is 5. The molecule has 0 bridgehead atoms. The van der Waals surface area contributed by atoms with E-state index in [0.29, 0.717) is 17.5 Å². The van der Waals surface area contributed by atoms with E-state index in [1.54, 1.807) is 12.1 Å². The SMILES string of the molecule is NCC(NS(=O)(=O)c1cccc(Cl)c1)C1CC1.